The van der Waals surface area contributed by atoms with E-state index < -0.39 is 6.10 Å². The highest BCUT2D eigenvalue weighted by atomic mass is 16.3. The smallest absolute Gasteiger partial charge is 0.223 e. The van der Waals surface area contributed by atoms with Crippen LogP contribution < -0.4 is 4.90 Å². The Morgan fingerprint density at radius 3 is 2.89 bits per heavy atom. The molecule has 1 amide bonds. The summed E-state index contributed by atoms with van der Waals surface area (Å²) in [4.78, 5) is 16.0. The van der Waals surface area contributed by atoms with Crippen LogP contribution in [0.3, 0.4) is 0 Å². The topological polar surface area (TPSA) is 43.8 Å². The van der Waals surface area contributed by atoms with Gasteiger partial charge in [0.05, 0.1) is 6.10 Å². The average Bonchev–Trinajstić information content (AvgIpc) is 2.80. The van der Waals surface area contributed by atoms with Crippen molar-refractivity contribution in [2.24, 2.45) is 0 Å². The molecule has 4 nitrogen and oxygen atoms in total. The summed E-state index contributed by atoms with van der Waals surface area (Å²) in [7, 11) is 0. The van der Waals surface area contributed by atoms with Crippen molar-refractivity contribution in [1.29, 1.82) is 0 Å². The number of aliphatic hydroxyl groups excluding tert-OH is 1. The summed E-state index contributed by atoms with van der Waals surface area (Å²) in [5, 5.41) is 9.87. The van der Waals surface area contributed by atoms with Gasteiger partial charge in [0.1, 0.15) is 0 Å². The van der Waals surface area contributed by atoms with Gasteiger partial charge >= 0.3 is 0 Å². The minimum absolute atomic E-state index is 0.300. The summed E-state index contributed by atoms with van der Waals surface area (Å²) < 4.78 is 0. The Balaban J connectivity index is 1.83. The summed E-state index contributed by atoms with van der Waals surface area (Å²) in [6.45, 7) is 4.34. The van der Waals surface area contributed by atoms with Crippen LogP contribution in [0.4, 0.5) is 5.69 Å². The fourth-order valence-electron chi connectivity index (χ4n) is 3.21. The molecule has 1 aromatic rings. The third-order valence-corrected chi connectivity index (χ3v) is 4.22. The van der Waals surface area contributed by atoms with E-state index in [1.807, 2.05) is 23.1 Å². The Bertz CT molecular complexity index is 487. The Labute approximate surface area is 113 Å². The maximum absolute atomic E-state index is 11.7. The summed E-state index contributed by atoms with van der Waals surface area (Å²) >= 11 is 0. The molecule has 1 unspecified atom stereocenters. The van der Waals surface area contributed by atoms with E-state index in [-0.39, 0.29) is 0 Å². The normalized spacial score (nSPS) is 24.5. The number of rotatable bonds is 2. The zero-order valence-electron chi connectivity index (χ0n) is 11.2. The second-order valence-electron chi connectivity index (χ2n) is 5.46. The number of piperazine rings is 1. The van der Waals surface area contributed by atoms with Gasteiger partial charge in [-0.2, -0.15) is 0 Å². The van der Waals surface area contributed by atoms with Gasteiger partial charge in [-0.25, -0.2) is 0 Å². The molecule has 2 heterocycles. The number of hydrogen-bond acceptors (Lipinski definition) is 3. The monoisotopic (exact) mass is 260 g/mol. The van der Waals surface area contributed by atoms with Gasteiger partial charge < -0.3 is 14.9 Å². The summed E-state index contributed by atoms with van der Waals surface area (Å²) in [6.07, 6.45) is 1.20. The zero-order chi connectivity index (χ0) is 13.4. The first kappa shape index (κ1) is 12.5. The number of hydrogen-bond donors (Lipinski definition) is 1. The largest absolute Gasteiger partial charge is 0.389 e. The molecule has 2 atom stereocenters. The molecule has 0 spiro atoms. The van der Waals surface area contributed by atoms with Crippen molar-refractivity contribution in [1.82, 2.24) is 4.90 Å². The molecule has 2 aliphatic rings. The van der Waals surface area contributed by atoms with Crippen molar-refractivity contribution in [3.8, 4) is 0 Å². The number of carbonyl (C=O) groups excluding carboxylic acids is 1. The lowest BCUT2D eigenvalue weighted by atomic mass is 10.1. The molecular weight excluding hydrogens is 240 g/mol. The van der Waals surface area contributed by atoms with Gasteiger partial charge in [-0.3, -0.25) is 4.79 Å². The molecule has 102 valence electrons. The highest BCUT2D eigenvalue weighted by Gasteiger charge is 2.35. The van der Waals surface area contributed by atoms with Crippen molar-refractivity contribution >= 4 is 11.6 Å². The summed E-state index contributed by atoms with van der Waals surface area (Å²) in [6, 6.07) is 8.36. The molecule has 0 aliphatic carbocycles. The fourth-order valence-corrected chi connectivity index (χ4v) is 3.21. The highest BCUT2D eigenvalue weighted by molar-refractivity contribution is 5.79. The van der Waals surface area contributed by atoms with E-state index in [9.17, 15) is 9.90 Å². The van der Waals surface area contributed by atoms with Gasteiger partial charge in [0, 0.05) is 43.3 Å². The van der Waals surface area contributed by atoms with Gasteiger partial charge in [-0.05, 0) is 19.4 Å². The minimum atomic E-state index is -0.459. The molecule has 2 fully saturated rings. The van der Waals surface area contributed by atoms with Gasteiger partial charge in [-0.1, -0.05) is 18.2 Å². The molecule has 2 saturated heterocycles. The minimum Gasteiger partial charge on any atom is -0.389 e. The highest BCUT2D eigenvalue weighted by Crippen LogP contribution is 2.30. The van der Waals surface area contributed by atoms with Crippen LogP contribution in [-0.4, -0.2) is 41.6 Å². The van der Waals surface area contributed by atoms with E-state index in [4.69, 9.17) is 0 Å². The second kappa shape index (κ2) is 4.85. The molecule has 19 heavy (non-hydrogen) atoms. The van der Waals surface area contributed by atoms with E-state index in [1.165, 1.54) is 0 Å². The number of nitrogens with zero attached hydrogens (tertiary/aromatic N) is 2. The predicted octanol–water partition coefficient (Wildman–Crippen LogP) is 1.55. The van der Waals surface area contributed by atoms with E-state index in [0.29, 0.717) is 18.4 Å². The number of amides is 1. The SMILES string of the molecule is C[C@H](O)c1ccccc1N1CCN2C(=O)CCC2C1. The van der Waals surface area contributed by atoms with Crippen LogP contribution in [-0.2, 0) is 4.79 Å². The van der Waals surface area contributed by atoms with Crippen LogP contribution >= 0.6 is 0 Å². The van der Waals surface area contributed by atoms with Gasteiger partial charge in [0.25, 0.3) is 0 Å². The van der Waals surface area contributed by atoms with Crippen molar-refractivity contribution in [2.45, 2.75) is 31.9 Å². The predicted molar refractivity (Wildman–Crippen MR) is 74.0 cm³/mol. The van der Waals surface area contributed by atoms with E-state index in [1.54, 1.807) is 6.92 Å². The zero-order valence-corrected chi connectivity index (χ0v) is 11.2. The molecule has 0 radical (unpaired) electrons. The third-order valence-electron chi connectivity index (χ3n) is 4.22. The van der Waals surface area contributed by atoms with Crippen LogP contribution in [0.1, 0.15) is 31.4 Å². The van der Waals surface area contributed by atoms with Gasteiger partial charge in [0.15, 0.2) is 0 Å². The van der Waals surface area contributed by atoms with Crippen molar-refractivity contribution < 1.29 is 9.90 Å². The average molecular weight is 260 g/mol. The van der Waals surface area contributed by atoms with Crippen LogP contribution in [0.5, 0.6) is 0 Å². The summed E-state index contributed by atoms with van der Waals surface area (Å²) in [5.74, 6) is 0.300. The van der Waals surface area contributed by atoms with Crippen molar-refractivity contribution in [2.75, 3.05) is 24.5 Å². The van der Waals surface area contributed by atoms with Crippen molar-refractivity contribution in [3.05, 3.63) is 29.8 Å². The van der Waals surface area contributed by atoms with E-state index in [2.05, 4.69) is 11.0 Å². The van der Waals surface area contributed by atoms with Crippen LogP contribution in [0.2, 0.25) is 0 Å². The van der Waals surface area contributed by atoms with Crippen LogP contribution in [0.15, 0.2) is 24.3 Å². The van der Waals surface area contributed by atoms with Crippen LogP contribution in [0.25, 0.3) is 0 Å². The number of carbonyl (C=O) groups is 1. The standard InChI is InChI=1S/C15H20N2O2/c1-11(18)13-4-2-3-5-14(13)16-8-9-17-12(10-16)6-7-15(17)19/h2-5,11-12,18H,6-10H2,1H3/t11-,12?/m0/s1. The first-order chi connectivity index (χ1) is 9.16. The molecule has 4 heteroatoms. The van der Waals surface area contributed by atoms with E-state index >= 15 is 0 Å². The Morgan fingerprint density at radius 1 is 1.32 bits per heavy atom. The molecular formula is C15H20N2O2. The molecule has 0 bridgehead atoms. The molecule has 1 N–H and O–H groups in total. The maximum Gasteiger partial charge on any atom is 0.223 e. The number of para-hydroxylation sites is 1. The number of aliphatic hydroxyl groups is 1. The number of benzene rings is 1. The summed E-state index contributed by atoms with van der Waals surface area (Å²) in [5.41, 5.74) is 2.08. The Kier molecular flexibility index (Phi) is 3.19. The van der Waals surface area contributed by atoms with Gasteiger partial charge in [0.2, 0.25) is 5.91 Å². The Hall–Kier alpha value is -1.55. The quantitative estimate of drug-likeness (QED) is 0.877. The fraction of sp³-hybridized carbons (Fsp3) is 0.533. The molecule has 1 aromatic carbocycles. The molecule has 0 aromatic heterocycles. The number of anilines is 1. The van der Waals surface area contributed by atoms with E-state index in [0.717, 1.165) is 37.3 Å². The first-order valence-corrected chi connectivity index (χ1v) is 6.98. The third kappa shape index (κ3) is 2.21. The van der Waals surface area contributed by atoms with Crippen molar-refractivity contribution in [3.63, 3.8) is 0 Å². The lowest BCUT2D eigenvalue weighted by molar-refractivity contribution is -0.129. The maximum atomic E-state index is 11.7. The molecule has 3 rings (SSSR count). The second-order valence-corrected chi connectivity index (χ2v) is 5.46. The molecule has 0 saturated carbocycles. The Morgan fingerprint density at radius 2 is 2.11 bits per heavy atom. The van der Waals surface area contributed by atoms with Crippen LogP contribution in [0, 0.1) is 0 Å². The number of fused-ring (bicyclic) bond motifs is 1. The lowest BCUT2D eigenvalue weighted by Gasteiger charge is -2.39. The first-order valence-electron chi connectivity index (χ1n) is 6.98. The lowest BCUT2D eigenvalue weighted by Crippen LogP contribution is -2.51. The molecule has 2 aliphatic heterocycles. The van der Waals surface area contributed by atoms with Gasteiger partial charge in [-0.15, -0.1) is 0 Å².